The van der Waals surface area contributed by atoms with Crippen LogP contribution in [0.15, 0.2) is 34.9 Å². The predicted molar refractivity (Wildman–Crippen MR) is 93.4 cm³/mol. The predicted octanol–water partition coefficient (Wildman–Crippen LogP) is 3.04. The lowest BCUT2D eigenvalue weighted by Gasteiger charge is -2.29. The van der Waals surface area contributed by atoms with E-state index in [-0.39, 0.29) is 17.2 Å². The first-order chi connectivity index (χ1) is 11.5. The van der Waals surface area contributed by atoms with Gasteiger partial charge < -0.3 is 15.5 Å². The number of hydrogen-bond donors (Lipinski definition) is 2. The number of halogens is 2. The molecule has 1 saturated heterocycles. The molecule has 2 heterocycles. The quantitative estimate of drug-likeness (QED) is 0.470. The van der Waals surface area contributed by atoms with E-state index in [1.165, 1.54) is 18.2 Å². The van der Waals surface area contributed by atoms with Crippen LogP contribution >= 0.6 is 15.9 Å². The summed E-state index contributed by atoms with van der Waals surface area (Å²) in [4.78, 5) is 16.6. The highest BCUT2D eigenvalue weighted by Gasteiger charge is 2.18. The van der Waals surface area contributed by atoms with Crippen molar-refractivity contribution in [2.45, 2.75) is 0 Å². The van der Waals surface area contributed by atoms with Crippen LogP contribution in [0.5, 0.6) is 0 Å². The molecule has 0 saturated carbocycles. The number of anilines is 3. The Morgan fingerprint density at radius 3 is 2.71 bits per heavy atom. The van der Waals surface area contributed by atoms with Gasteiger partial charge >= 0.3 is 5.69 Å². The SMILES string of the molecule is O=[N+]([O-])c1ccc(Br)nc1Nc1ccc(N2CCNCC2)cc1F. The second-order valence-electron chi connectivity index (χ2n) is 5.29. The van der Waals surface area contributed by atoms with Crippen LogP contribution in [-0.2, 0) is 0 Å². The average Bonchev–Trinajstić information content (AvgIpc) is 2.57. The van der Waals surface area contributed by atoms with Crippen LogP contribution < -0.4 is 15.5 Å². The second-order valence-corrected chi connectivity index (χ2v) is 6.10. The number of nitrogens with zero attached hydrogens (tertiary/aromatic N) is 3. The molecule has 0 aliphatic carbocycles. The molecule has 3 rings (SSSR count). The number of nitro groups is 1. The van der Waals surface area contributed by atoms with Gasteiger partial charge in [-0.05, 0) is 40.2 Å². The van der Waals surface area contributed by atoms with Crippen molar-refractivity contribution in [3.05, 3.63) is 50.9 Å². The fourth-order valence-corrected chi connectivity index (χ4v) is 2.83. The van der Waals surface area contributed by atoms with Crippen molar-refractivity contribution in [1.82, 2.24) is 10.3 Å². The first kappa shape index (κ1) is 16.6. The van der Waals surface area contributed by atoms with Gasteiger partial charge in [0.15, 0.2) is 0 Å². The van der Waals surface area contributed by atoms with E-state index in [4.69, 9.17) is 0 Å². The van der Waals surface area contributed by atoms with Gasteiger partial charge in [0.1, 0.15) is 10.4 Å². The fourth-order valence-electron chi connectivity index (χ4n) is 2.52. The molecule has 0 spiro atoms. The largest absolute Gasteiger partial charge is 0.369 e. The Morgan fingerprint density at radius 2 is 2.04 bits per heavy atom. The number of benzene rings is 1. The summed E-state index contributed by atoms with van der Waals surface area (Å²) in [7, 11) is 0. The van der Waals surface area contributed by atoms with E-state index >= 15 is 0 Å². The summed E-state index contributed by atoms with van der Waals surface area (Å²) in [6.07, 6.45) is 0. The van der Waals surface area contributed by atoms with Gasteiger partial charge in [-0.3, -0.25) is 10.1 Å². The van der Waals surface area contributed by atoms with Gasteiger partial charge in [-0.2, -0.15) is 0 Å². The van der Waals surface area contributed by atoms with Gasteiger partial charge in [-0.25, -0.2) is 9.37 Å². The van der Waals surface area contributed by atoms with Gasteiger partial charge in [0, 0.05) is 37.9 Å². The highest BCUT2D eigenvalue weighted by molar-refractivity contribution is 9.10. The standard InChI is InChI=1S/C15H15BrFN5O2/c16-14-4-3-13(22(23)24)15(20-14)19-12-2-1-10(9-11(12)17)21-7-5-18-6-8-21/h1-4,9,18H,5-8H2,(H,19,20). The van der Waals surface area contributed by atoms with Crippen molar-refractivity contribution < 1.29 is 9.31 Å². The third kappa shape index (κ3) is 3.62. The lowest BCUT2D eigenvalue weighted by atomic mass is 10.2. The van der Waals surface area contributed by atoms with Crippen molar-refractivity contribution >= 4 is 38.8 Å². The number of rotatable bonds is 4. The van der Waals surface area contributed by atoms with Crippen LogP contribution in [0.2, 0.25) is 0 Å². The molecule has 2 N–H and O–H groups in total. The van der Waals surface area contributed by atoms with E-state index in [1.54, 1.807) is 12.1 Å². The normalized spacial score (nSPS) is 14.5. The fraction of sp³-hybridized carbons (Fsp3) is 0.267. The molecule has 0 amide bonds. The maximum Gasteiger partial charge on any atom is 0.311 e. The third-order valence-electron chi connectivity index (χ3n) is 3.72. The molecule has 0 radical (unpaired) electrons. The summed E-state index contributed by atoms with van der Waals surface area (Å²) in [5.41, 5.74) is 0.711. The summed E-state index contributed by atoms with van der Waals surface area (Å²) in [5, 5.41) is 17.0. The highest BCUT2D eigenvalue weighted by atomic mass is 79.9. The van der Waals surface area contributed by atoms with Crippen LogP contribution in [0.1, 0.15) is 0 Å². The Kier molecular flexibility index (Phi) is 4.91. The maximum absolute atomic E-state index is 14.4. The molecular formula is C15H15BrFN5O2. The molecule has 9 heteroatoms. The zero-order chi connectivity index (χ0) is 17.1. The van der Waals surface area contributed by atoms with E-state index in [0.29, 0.717) is 4.60 Å². The van der Waals surface area contributed by atoms with Crippen LogP contribution in [0, 0.1) is 15.9 Å². The molecule has 0 unspecified atom stereocenters. The van der Waals surface area contributed by atoms with Gasteiger partial charge in [0.25, 0.3) is 0 Å². The van der Waals surface area contributed by atoms with Gasteiger partial charge in [-0.1, -0.05) is 0 Å². The van der Waals surface area contributed by atoms with E-state index < -0.39 is 10.7 Å². The van der Waals surface area contributed by atoms with Gasteiger partial charge in [0.05, 0.1) is 10.6 Å². The van der Waals surface area contributed by atoms with Crippen LogP contribution in [-0.4, -0.2) is 36.1 Å². The van der Waals surface area contributed by atoms with Gasteiger partial charge in [-0.15, -0.1) is 0 Å². The molecule has 1 aromatic carbocycles. The Morgan fingerprint density at radius 1 is 1.29 bits per heavy atom. The minimum absolute atomic E-state index is 0.0109. The smallest absolute Gasteiger partial charge is 0.311 e. The topological polar surface area (TPSA) is 83.3 Å². The van der Waals surface area contributed by atoms with Crippen molar-refractivity contribution in [2.24, 2.45) is 0 Å². The molecule has 0 atom stereocenters. The lowest BCUT2D eigenvalue weighted by molar-refractivity contribution is -0.384. The van der Waals surface area contributed by atoms with Crippen molar-refractivity contribution in [3.63, 3.8) is 0 Å². The minimum atomic E-state index is -0.561. The summed E-state index contributed by atoms with van der Waals surface area (Å²) in [6, 6.07) is 7.57. The van der Waals surface area contributed by atoms with Gasteiger partial charge in [0.2, 0.25) is 5.82 Å². The molecule has 1 aliphatic rings. The minimum Gasteiger partial charge on any atom is -0.369 e. The molecule has 24 heavy (non-hydrogen) atoms. The lowest BCUT2D eigenvalue weighted by Crippen LogP contribution is -2.43. The summed E-state index contributed by atoms with van der Waals surface area (Å²) in [6.45, 7) is 3.33. The Labute approximate surface area is 146 Å². The number of aromatic nitrogens is 1. The van der Waals surface area contributed by atoms with Crippen molar-refractivity contribution in [2.75, 3.05) is 36.4 Å². The molecule has 1 fully saturated rings. The van der Waals surface area contributed by atoms with Crippen LogP contribution in [0.4, 0.5) is 27.3 Å². The second kappa shape index (κ2) is 7.10. The first-order valence-corrected chi connectivity index (χ1v) is 8.17. The van der Waals surface area contributed by atoms with E-state index in [1.807, 2.05) is 0 Å². The molecular weight excluding hydrogens is 381 g/mol. The zero-order valence-corrected chi connectivity index (χ0v) is 14.2. The van der Waals surface area contributed by atoms with Crippen LogP contribution in [0.3, 0.4) is 0 Å². The Hall–Kier alpha value is -2.26. The summed E-state index contributed by atoms with van der Waals surface area (Å²) in [5.74, 6) is -0.495. The van der Waals surface area contributed by atoms with E-state index in [2.05, 4.69) is 36.4 Å². The molecule has 0 bridgehead atoms. The van der Waals surface area contributed by atoms with E-state index in [0.717, 1.165) is 31.9 Å². The third-order valence-corrected chi connectivity index (χ3v) is 4.17. The van der Waals surface area contributed by atoms with Crippen molar-refractivity contribution in [3.8, 4) is 0 Å². The number of piperazine rings is 1. The Balaban J connectivity index is 1.86. The number of nitrogens with one attached hydrogen (secondary N) is 2. The highest BCUT2D eigenvalue weighted by Crippen LogP contribution is 2.30. The molecule has 7 nitrogen and oxygen atoms in total. The molecule has 126 valence electrons. The molecule has 1 aliphatic heterocycles. The first-order valence-electron chi connectivity index (χ1n) is 7.38. The van der Waals surface area contributed by atoms with Crippen molar-refractivity contribution in [1.29, 1.82) is 0 Å². The summed E-state index contributed by atoms with van der Waals surface area (Å²) >= 11 is 3.16. The number of pyridine rings is 1. The average molecular weight is 396 g/mol. The van der Waals surface area contributed by atoms with E-state index in [9.17, 15) is 14.5 Å². The summed E-state index contributed by atoms with van der Waals surface area (Å²) < 4.78 is 14.8. The zero-order valence-electron chi connectivity index (χ0n) is 12.6. The van der Waals surface area contributed by atoms with Crippen LogP contribution in [0.25, 0.3) is 0 Å². The molecule has 1 aromatic heterocycles. The maximum atomic E-state index is 14.4. The number of hydrogen-bond acceptors (Lipinski definition) is 6. The Bertz CT molecular complexity index is 768. The monoisotopic (exact) mass is 395 g/mol. The molecule has 2 aromatic rings.